The molecule has 33 heavy (non-hydrogen) atoms. The zero-order valence-corrected chi connectivity index (χ0v) is 20.2. The van der Waals surface area contributed by atoms with Crippen LogP contribution in [-0.4, -0.2) is 62.9 Å². The number of aliphatic hydroxyl groups is 1. The van der Waals surface area contributed by atoms with Gasteiger partial charge in [-0.2, -0.15) is 17.5 Å². The van der Waals surface area contributed by atoms with Gasteiger partial charge in [0.2, 0.25) is 0 Å². The molecule has 11 heteroatoms. The number of alkyl halides is 3. The maximum atomic E-state index is 13.2. The fraction of sp³-hybridized carbons (Fsp3) is 0.545. The number of hydrogen-bond acceptors (Lipinski definition) is 6. The molecule has 0 saturated carbocycles. The Morgan fingerprint density at radius 2 is 1.88 bits per heavy atom. The zero-order chi connectivity index (χ0) is 24.3. The number of piperazine rings is 1. The van der Waals surface area contributed by atoms with Crippen molar-refractivity contribution in [2.75, 3.05) is 37.7 Å². The number of hydrogen-bond donors (Lipinski definition) is 1. The molecule has 0 radical (unpaired) electrons. The topological polar surface area (TPSA) is 70.1 Å². The van der Waals surface area contributed by atoms with Crippen molar-refractivity contribution in [1.29, 1.82) is 0 Å². The molecule has 1 aliphatic heterocycles. The van der Waals surface area contributed by atoms with Crippen molar-refractivity contribution in [3.63, 3.8) is 0 Å². The minimum Gasteiger partial charge on any atom is -0.379 e. The summed E-state index contributed by atoms with van der Waals surface area (Å²) in [5.74, 6) is 0. The third-order valence-corrected chi connectivity index (χ3v) is 9.04. The Morgan fingerprint density at radius 1 is 1.18 bits per heavy atom. The van der Waals surface area contributed by atoms with Crippen LogP contribution in [0.1, 0.15) is 32.3 Å². The van der Waals surface area contributed by atoms with Gasteiger partial charge in [0.25, 0.3) is 10.0 Å². The molecule has 1 aromatic carbocycles. The van der Waals surface area contributed by atoms with E-state index in [9.17, 15) is 26.7 Å². The summed E-state index contributed by atoms with van der Waals surface area (Å²) in [6.07, 6.45) is -2.95. The number of thiophene rings is 1. The lowest BCUT2D eigenvalue weighted by Crippen LogP contribution is -2.56. The highest BCUT2D eigenvalue weighted by Crippen LogP contribution is 2.39. The first-order valence-corrected chi connectivity index (χ1v) is 13.1. The van der Waals surface area contributed by atoms with Crippen molar-refractivity contribution in [3.8, 4) is 0 Å². The highest BCUT2D eigenvalue weighted by atomic mass is 32.2. The van der Waals surface area contributed by atoms with E-state index in [1.165, 1.54) is 28.6 Å². The molecule has 1 aliphatic rings. The highest BCUT2D eigenvalue weighted by Gasteiger charge is 2.51. The summed E-state index contributed by atoms with van der Waals surface area (Å²) in [7, 11) is -3.62. The number of halogens is 3. The number of nitrogens with zero attached hydrogens (tertiary/aromatic N) is 2. The van der Waals surface area contributed by atoms with Gasteiger partial charge >= 0.3 is 6.18 Å². The van der Waals surface area contributed by atoms with Gasteiger partial charge in [0.15, 0.2) is 5.60 Å². The standard InChI is InChI=1S/C22H29F3N2O4S2/c1-3-4-13-31-16-19-15-26(33(29,30)20-6-5-14-32-20)11-12-27(19)18-9-7-17(8-10-18)21(2,28)22(23,24)25/h5-10,14,19,28H,3-4,11-13,15-16H2,1-2H3/t19-,21+/m1/s1. The molecule has 2 heterocycles. The Kier molecular flexibility index (Phi) is 8.11. The van der Waals surface area contributed by atoms with Crippen LogP contribution in [0.4, 0.5) is 18.9 Å². The van der Waals surface area contributed by atoms with Crippen LogP contribution in [-0.2, 0) is 20.4 Å². The van der Waals surface area contributed by atoms with E-state index in [-0.39, 0.29) is 28.9 Å². The Hall–Kier alpha value is -1.66. The van der Waals surface area contributed by atoms with Gasteiger partial charge in [0.1, 0.15) is 4.21 Å². The number of rotatable bonds is 9. The van der Waals surface area contributed by atoms with E-state index in [4.69, 9.17) is 4.74 Å². The molecule has 1 aromatic heterocycles. The predicted octanol–water partition coefficient (Wildman–Crippen LogP) is 4.21. The van der Waals surface area contributed by atoms with Gasteiger partial charge < -0.3 is 14.7 Å². The van der Waals surface area contributed by atoms with Crippen LogP contribution in [0.15, 0.2) is 46.0 Å². The average molecular weight is 507 g/mol. The molecule has 6 nitrogen and oxygen atoms in total. The third kappa shape index (κ3) is 5.71. The van der Waals surface area contributed by atoms with Gasteiger partial charge in [-0.3, -0.25) is 0 Å². The van der Waals surface area contributed by atoms with Gasteiger partial charge in [-0.15, -0.1) is 11.3 Å². The number of unbranched alkanes of at least 4 members (excludes halogenated alkanes) is 1. The van der Waals surface area contributed by atoms with E-state index in [0.29, 0.717) is 25.4 Å². The summed E-state index contributed by atoms with van der Waals surface area (Å²) in [5, 5.41) is 11.6. The van der Waals surface area contributed by atoms with Crippen molar-refractivity contribution in [3.05, 3.63) is 47.3 Å². The molecular formula is C22H29F3N2O4S2. The van der Waals surface area contributed by atoms with Crippen LogP contribution in [0.2, 0.25) is 0 Å². The van der Waals surface area contributed by atoms with Crippen molar-refractivity contribution in [2.24, 2.45) is 0 Å². The summed E-state index contributed by atoms with van der Waals surface area (Å²) in [6, 6.07) is 8.52. The molecule has 0 unspecified atom stereocenters. The predicted molar refractivity (Wildman–Crippen MR) is 122 cm³/mol. The molecule has 2 aromatic rings. The minimum atomic E-state index is -4.80. The molecule has 1 saturated heterocycles. The van der Waals surface area contributed by atoms with Crippen LogP contribution in [0.25, 0.3) is 0 Å². The normalized spacial score (nSPS) is 20.1. The Balaban J connectivity index is 1.81. The molecular weight excluding hydrogens is 477 g/mol. The van der Waals surface area contributed by atoms with E-state index in [1.807, 2.05) is 11.8 Å². The average Bonchev–Trinajstić information content (AvgIpc) is 3.32. The third-order valence-electron chi connectivity index (χ3n) is 5.80. The Bertz CT molecular complexity index is 994. The summed E-state index contributed by atoms with van der Waals surface area (Å²) < 4.78 is 73.0. The molecule has 0 amide bonds. The first kappa shape index (κ1) is 26.0. The Morgan fingerprint density at radius 3 is 2.45 bits per heavy atom. The zero-order valence-electron chi connectivity index (χ0n) is 18.6. The summed E-state index contributed by atoms with van der Waals surface area (Å²) >= 11 is 1.16. The lowest BCUT2D eigenvalue weighted by atomic mass is 9.95. The van der Waals surface area contributed by atoms with Crippen molar-refractivity contribution in [1.82, 2.24) is 4.31 Å². The SMILES string of the molecule is CCCCOC[C@H]1CN(S(=O)(=O)c2cccs2)CCN1c1ccc([C@](C)(O)C(F)(F)F)cc1. The van der Waals surface area contributed by atoms with E-state index in [1.54, 1.807) is 17.5 Å². The summed E-state index contributed by atoms with van der Waals surface area (Å²) in [5.41, 5.74) is -2.57. The second kappa shape index (κ2) is 10.3. The number of ether oxygens (including phenoxy) is 1. The molecule has 1 N–H and O–H groups in total. The van der Waals surface area contributed by atoms with Crippen LogP contribution in [0, 0.1) is 0 Å². The monoisotopic (exact) mass is 506 g/mol. The second-order valence-electron chi connectivity index (χ2n) is 8.19. The second-order valence-corrected chi connectivity index (χ2v) is 11.3. The number of sulfonamides is 1. The van der Waals surface area contributed by atoms with Gasteiger partial charge in [0.05, 0.1) is 12.6 Å². The molecule has 1 fully saturated rings. The fourth-order valence-electron chi connectivity index (χ4n) is 3.67. The van der Waals surface area contributed by atoms with Crippen molar-refractivity contribution in [2.45, 2.75) is 48.7 Å². The molecule has 2 atom stereocenters. The van der Waals surface area contributed by atoms with Crippen molar-refractivity contribution < 1.29 is 31.4 Å². The van der Waals surface area contributed by atoms with Crippen molar-refractivity contribution >= 4 is 27.0 Å². The van der Waals surface area contributed by atoms with Crippen LogP contribution in [0.5, 0.6) is 0 Å². The minimum absolute atomic E-state index is 0.203. The molecule has 3 rings (SSSR count). The van der Waals surface area contributed by atoms with E-state index in [0.717, 1.165) is 31.1 Å². The van der Waals surface area contributed by atoms with Gasteiger partial charge in [-0.05, 0) is 42.5 Å². The molecule has 0 spiro atoms. The fourth-order valence-corrected chi connectivity index (χ4v) is 6.29. The quantitative estimate of drug-likeness (QED) is 0.516. The van der Waals surface area contributed by atoms with Crippen LogP contribution < -0.4 is 4.90 Å². The molecule has 0 bridgehead atoms. The summed E-state index contributed by atoms with van der Waals surface area (Å²) in [4.78, 5) is 1.96. The first-order valence-electron chi connectivity index (χ1n) is 10.8. The van der Waals surface area contributed by atoms with E-state index >= 15 is 0 Å². The largest absolute Gasteiger partial charge is 0.421 e. The van der Waals surface area contributed by atoms with Gasteiger partial charge in [-0.25, -0.2) is 8.42 Å². The van der Waals surface area contributed by atoms with Gasteiger partial charge in [-0.1, -0.05) is 31.5 Å². The lowest BCUT2D eigenvalue weighted by molar-refractivity contribution is -0.258. The van der Waals surface area contributed by atoms with E-state index < -0.39 is 21.8 Å². The highest BCUT2D eigenvalue weighted by molar-refractivity contribution is 7.91. The summed E-state index contributed by atoms with van der Waals surface area (Å²) in [6.45, 7) is 4.41. The lowest BCUT2D eigenvalue weighted by Gasteiger charge is -2.42. The van der Waals surface area contributed by atoms with Crippen LogP contribution in [0.3, 0.4) is 0 Å². The number of anilines is 1. The van der Waals surface area contributed by atoms with Gasteiger partial charge in [0, 0.05) is 31.9 Å². The maximum Gasteiger partial charge on any atom is 0.421 e. The van der Waals surface area contributed by atoms with Crippen LogP contribution >= 0.6 is 11.3 Å². The smallest absolute Gasteiger partial charge is 0.379 e. The molecule has 184 valence electrons. The maximum absolute atomic E-state index is 13.2. The Labute approximate surface area is 196 Å². The number of benzene rings is 1. The first-order chi connectivity index (χ1) is 15.5. The van der Waals surface area contributed by atoms with E-state index in [2.05, 4.69) is 0 Å². The molecule has 0 aliphatic carbocycles.